The summed E-state index contributed by atoms with van der Waals surface area (Å²) >= 11 is 0. The highest BCUT2D eigenvalue weighted by atomic mass is 16.6. The molecule has 1 saturated heterocycles. The van der Waals surface area contributed by atoms with Crippen molar-refractivity contribution >= 4 is 23.2 Å². The summed E-state index contributed by atoms with van der Waals surface area (Å²) in [5.41, 5.74) is 5.35. The van der Waals surface area contributed by atoms with Gasteiger partial charge in [0.15, 0.2) is 0 Å². The Balaban J connectivity index is 1.96. The van der Waals surface area contributed by atoms with E-state index in [1.807, 2.05) is 0 Å². The Bertz CT molecular complexity index is 514. The lowest BCUT2D eigenvalue weighted by molar-refractivity contribution is -0.384. The number of pyridine rings is 1. The molecule has 0 bridgehead atoms. The zero-order valence-corrected chi connectivity index (χ0v) is 11.0. The molecule has 1 amide bonds. The molecule has 2 heterocycles. The predicted octanol–water partition coefficient (Wildman–Crippen LogP) is 0.996. The van der Waals surface area contributed by atoms with Crippen LogP contribution in [0.2, 0.25) is 0 Å². The summed E-state index contributed by atoms with van der Waals surface area (Å²) in [5.74, 6) is 0.255. The lowest BCUT2D eigenvalue weighted by Crippen LogP contribution is -2.39. The van der Waals surface area contributed by atoms with E-state index in [4.69, 9.17) is 5.73 Å². The number of nitrogens with two attached hydrogens (primary N) is 1. The van der Waals surface area contributed by atoms with Crippen molar-refractivity contribution < 1.29 is 9.72 Å². The quantitative estimate of drug-likeness (QED) is 0.627. The lowest BCUT2D eigenvalue weighted by Gasteiger charge is -2.26. The van der Waals surface area contributed by atoms with Crippen LogP contribution in [0.15, 0.2) is 12.1 Å². The molecule has 0 radical (unpaired) electrons. The summed E-state index contributed by atoms with van der Waals surface area (Å²) < 4.78 is 0. The van der Waals surface area contributed by atoms with Gasteiger partial charge in [-0.25, -0.2) is 4.98 Å². The minimum Gasteiger partial charge on any atom is -0.383 e. The molecular weight excluding hydrogens is 262 g/mol. The molecule has 0 unspecified atom stereocenters. The van der Waals surface area contributed by atoms with Gasteiger partial charge in [-0.05, 0) is 19.3 Å². The summed E-state index contributed by atoms with van der Waals surface area (Å²) in [7, 11) is 0. The monoisotopic (exact) mass is 279 g/mol. The molecular formula is C12H17N5O3. The van der Waals surface area contributed by atoms with Crippen molar-refractivity contribution in [2.75, 3.05) is 30.7 Å². The summed E-state index contributed by atoms with van der Waals surface area (Å²) in [6.07, 6.45) is 3.20. The number of nitrogens with one attached hydrogen (secondary N) is 1. The summed E-state index contributed by atoms with van der Waals surface area (Å²) in [6, 6.07) is 2.44. The molecule has 3 N–H and O–H groups in total. The van der Waals surface area contributed by atoms with E-state index in [-0.39, 0.29) is 29.8 Å². The van der Waals surface area contributed by atoms with Crippen molar-refractivity contribution in [1.82, 2.24) is 9.88 Å². The number of hydrogen-bond acceptors (Lipinski definition) is 6. The van der Waals surface area contributed by atoms with Crippen molar-refractivity contribution in [2.45, 2.75) is 19.3 Å². The van der Waals surface area contributed by atoms with E-state index < -0.39 is 4.92 Å². The van der Waals surface area contributed by atoms with Crippen molar-refractivity contribution in [3.8, 4) is 0 Å². The van der Waals surface area contributed by atoms with E-state index in [1.165, 1.54) is 12.1 Å². The van der Waals surface area contributed by atoms with Gasteiger partial charge in [-0.15, -0.1) is 0 Å². The van der Waals surface area contributed by atoms with Crippen LogP contribution in [-0.4, -0.2) is 40.3 Å². The number of amides is 1. The van der Waals surface area contributed by atoms with Gasteiger partial charge in [0.1, 0.15) is 11.6 Å². The van der Waals surface area contributed by atoms with E-state index >= 15 is 0 Å². The number of carbonyl (C=O) groups excluding carboxylic acids is 1. The number of likely N-dealkylation sites (tertiary alicyclic amines) is 1. The summed E-state index contributed by atoms with van der Waals surface area (Å²) in [5, 5.41) is 13.5. The summed E-state index contributed by atoms with van der Waals surface area (Å²) in [4.78, 5) is 27.8. The molecule has 1 aromatic heterocycles. The second-order valence-electron chi connectivity index (χ2n) is 4.69. The van der Waals surface area contributed by atoms with Gasteiger partial charge in [0.2, 0.25) is 5.91 Å². The van der Waals surface area contributed by atoms with Crippen LogP contribution in [0.3, 0.4) is 0 Å². The first kappa shape index (κ1) is 14.0. The highest BCUT2D eigenvalue weighted by Crippen LogP contribution is 2.18. The Morgan fingerprint density at radius 2 is 2.10 bits per heavy atom. The maximum atomic E-state index is 11.9. The normalized spacial score (nSPS) is 14.9. The molecule has 1 aromatic rings. The van der Waals surface area contributed by atoms with Crippen molar-refractivity contribution in [3.05, 3.63) is 22.2 Å². The molecule has 0 aromatic carbocycles. The van der Waals surface area contributed by atoms with E-state index in [1.54, 1.807) is 4.90 Å². The minimum absolute atomic E-state index is 0.0309. The molecule has 8 heteroatoms. The molecule has 1 fully saturated rings. The number of piperidine rings is 1. The van der Waals surface area contributed by atoms with Crippen LogP contribution >= 0.6 is 0 Å². The molecule has 0 aliphatic carbocycles. The van der Waals surface area contributed by atoms with Crippen LogP contribution in [0, 0.1) is 10.1 Å². The Morgan fingerprint density at radius 3 is 2.75 bits per heavy atom. The second kappa shape index (κ2) is 6.18. The number of nitrogen functional groups attached to an aromatic ring is 1. The highest BCUT2D eigenvalue weighted by molar-refractivity contribution is 5.80. The number of rotatable bonds is 4. The Labute approximate surface area is 116 Å². The fourth-order valence-corrected chi connectivity index (χ4v) is 2.15. The van der Waals surface area contributed by atoms with Crippen LogP contribution in [0.5, 0.6) is 0 Å². The van der Waals surface area contributed by atoms with Crippen LogP contribution in [-0.2, 0) is 4.79 Å². The third-order valence-electron chi connectivity index (χ3n) is 3.17. The van der Waals surface area contributed by atoms with E-state index in [2.05, 4.69) is 10.3 Å². The van der Waals surface area contributed by atoms with Crippen LogP contribution in [0.1, 0.15) is 19.3 Å². The first-order valence-electron chi connectivity index (χ1n) is 6.50. The number of anilines is 2. The smallest absolute Gasteiger partial charge is 0.276 e. The van der Waals surface area contributed by atoms with Gasteiger partial charge in [0, 0.05) is 13.1 Å². The molecule has 0 saturated carbocycles. The fourth-order valence-electron chi connectivity index (χ4n) is 2.15. The van der Waals surface area contributed by atoms with Gasteiger partial charge in [0.05, 0.1) is 23.6 Å². The van der Waals surface area contributed by atoms with E-state index in [0.29, 0.717) is 0 Å². The maximum Gasteiger partial charge on any atom is 0.276 e. The molecule has 1 aliphatic heterocycles. The van der Waals surface area contributed by atoms with E-state index in [9.17, 15) is 14.9 Å². The fraction of sp³-hybridized carbons (Fsp3) is 0.500. The first-order chi connectivity index (χ1) is 9.56. The lowest BCUT2D eigenvalue weighted by atomic mass is 10.1. The highest BCUT2D eigenvalue weighted by Gasteiger charge is 2.17. The van der Waals surface area contributed by atoms with Crippen molar-refractivity contribution in [2.24, 2.45) is 0 Å². The number of aromatic nitrogens is 1. The van der Waals surface area contributed by atoms with Crippen LogP contribution in [0.25, 0.3) is 0 Å². The van der Waals surface area contributed by atoms with Crippen LogP contribution < -0.4 is 11.1 Å². The zero-order chi connectivity index (χ0) is 14.5. The summed E-state index contributed by atoms with van der Waals surface area (Å²) in [6.45, 7) is 1.60. The number of carbonyl (C=O) groups is 1. The van der Waals surface area contributed by atoms with Crippen LogP contribution in [0.4, 0.5) is 17.3 Å². The Hall–Kier alpha value is -2.38. The third kappa shape index (κ3) is 3.56. The molecule has 2 rings (SSSR count). The molecule has 1 aliphatic rings. The molecule has 0 spiro atoms. The second-order valence-corrected chi connectivity index (χ2v) is 4.69. The van der Waals surface area contributed by atoms with Crippen molar-refractivity contribution in [3.63, 3.8) is 0 Å². The van der Waals surface area contributed by atoms with Gasteiger partial charge in [-0.2, -0.15) is 0 Å². The topological polar surface area (TPSA) is 114 Å². The maximum absolute atomic E-state index is 11.9. The van der Waals surface area contributed by atoms with Gasteiger partial charge in [0.25, 0.3) is 5.69 Å². The molecule has 108 valence electrons. The van der Waals surface area contributed by atoms with Gasteiger partial charge >= 0.3 is 0 Å². The average Bonchev–Trinajstić information content (AvgIpc) is 2.45. The predicted molar refractivity (Wildman–Crippen MR) is 74.2 cm³/mol. The Morgan fingerprint density at radius 1 is 1.40 bits per heavy atom. The molecule has 20 heavy (non-hydrogen) atoms. The first-order valence-corrected chi connectivity index (χ1v) is 6.50. The molecule has 0 atom stereocenters. The minimum atomic E-state index is -0.546. The van der Waals surface area contributed by atoms with Gasteiger partial charge in [-0.3, -0.25) is 14.9 Å². The third-order valence-corrected chi connectivity index (χ3v) is 3.17. The Kier molecular flexibility index (Phi) is 4.34. The molecule has 8 nitrogen and oxygen atoms in total. The van der Waals surface area contributed by atoms with Gasteiger partial charge < -0.3 is 16.0 Å². The van der Waals surface area contributed by atoms with Gasteiger partial charge in [-0.1, -0.05) is 0 Å². The van der Waals surface area contributed by atoms with Crippen molar-refractivity contribution in [1.29, 1.82) is 0 Å². The van der Waals surface area contributed by atoms with E-state index in [0.717, 1.165) is 32.4 Å². The average molecular weight is 279 g/mol. The SMILES string of the molecule is Nc1cc([N+](=O)[O-])cc(NCC(=O)N2CCCCC2)n1. The largest absolute Gasteiger partial charge is 0.383 e. The number of nitro groups is 1. The zero-order valence-electron chi connectivity index (χ0n) is 11.0. The number of nitrogens with zero attached hydrogens (tertiary/aromatic N) is 3. The standard InChI is InChI=1S/C12H17N5O3/c13-10-6-9(17(19)20)7-11(15-10)14-8-12(18)16-4-2-1-3-5-16/h6-7H,1-5,8H2,(H3,13,14,15). The number of hydrogen-bond donors (Lipinski definition) is 2.